The molecule has 0 aliphatic rings. The van der Waals surface area contributed by atoms with E-state index in [-0.39, 0.29) is 24.1 Å². The highest BCUT2D eigenvalue weighted by Gasteiger charge is 2.12. The fraction of sp³-hybridized carbons (Fsp3) is 0.643. The zero-order chi connectivity index (χ0) is 15.8. The standard InChI is InChI=1S/C14H26N2O3S2/c1-10-7-12(13(21(3)4)14(16-10)20-2)15-5-6-19-9-11(18)8-17/h7,11,17-18,21H,5-6,8-9H2,1-4H3,(H,15,16). The predicted octanol–water partition coefficient (Wildman–Crippen LogP) is 1.51. The molecule has 122 valence electrons. The van der Waals surface area contributed by atoms with Crippen LogP contribution in [0.4, 0.5) is 5.69 Å². The Kier molecular flexibility index (Phi) is 8.43. The van der Waals surface area contributed by atoms with Crippen molar-refractivity contribution in [1.29, 1.82) is 0 Å². The first-order valence-corrected chi connectivity index (χ1v) is 10.3. The maximum Gasteiger partial charge on any atom is 0.110 e. The number of hydrogen-bond donors (Lipinski definition) is 4. The van der Waals surface area contributed by atoms with Crippen LogP contribution in [-0.4, -0.2) is 66.4 Å². The number of aliphatic hydroxyl groups is 2. The molecule has 0 amide bonds. The summed E-state index contributed by atoms with van der Waals surface area (Å²) in [6, 6.07) is 2.07. The van der Waals surface area contributed by atoms with E-state index in [1.54, 1.807) is 11.8 Å². The number of ether oxygens (including phenoxy) is 1. The van der Waals surface area contributed by atoms with E-state index in [4.69, 9.17) is 9.84 Å². The molecule has 1 aromatic rings. The van der Waals surface area contributed by atoms with Crippen molar-refractivity contribution in [2.24, 2.45) is 0 Å². The number of nitrogens with zero attached hydrogens (tertiary/aromatic N) is 1. The molecule has 1 atom stereocenters. The number of aromatic nitrogens is 1. The molecule has 1 rings (SSSR count). The van der Waals surface area contributed by atoms with E-state index in [9.17, 15) is 5.11 Å². The number of thioether (sulfide) groups is 1. The molecule has 0 saturated heterocycles. The topological polar surface area (TPSA) is 74.6 Å². The third kappa shape index (κ3) is 6.04. The monoisotopic (exact) mass is 334 g/mol. The molecule has 0 bridgehead atoms. The summed E-state index contributed by atoms with van der Waals surface area (Å²) in [4.78, 5) is 5.89. The molecule has 0 radical (unpaired) electrons. The normalized spacial score (nSPS) is 13.1. The lowest BCUT2D eigenvalue weighted by Crippen LogP contribution is -2.21. The van der Waals surface area contributed by atoms with Gasteiger partial charge in [-0.05, 0) is 31.8 Å². The number of hydrogen-bond acceptors (Lipinski definition) is 6. The van der Waals surface area contributed by atoms with Crippen LogP contribution in [0, 0.1) is 6.92 Å². The Morgan fingerprint density at radius 1 is 1.48 bits per heavy atom. The summed E-state index contributed by atoms with van der Waals surface area (Å²) in [6.07, 6.45) is 5.69. The van der Waals surface area contributed by atoms with Crippen molar-refractivity contribution in [1.82, 2.24) is 4.98 Å². The number of nitrogens with one attached hydrogen (secondary N) is 1. The number of aliphatic hydroxyl groups excluding tert-OH is 2. The second kappa shape index (κ2) is 9.53. The van der Waals surface area contributed by atoms with Crippen LogP contribution in [0.1, 0.15) is 5.69 Å². The molecule has 0 spiro atoms. The lowest BCUT2D eigenvalue weighted by atomic mass is 10.3. The highest BCUT2D eigenvalue weighted by Crippen LogP contribution is 2.41. The van der Waals surface area contributed by atoms with Gasteiger partial charge in [0.05, 0.1) is 25.5 Å². The highest BCUT2D eigenvalue weighted by molar-refractivity contribution is 8.16. The number of rotatable bonds is 9. The van der Waals surface area contributed by atoms with Gasteiger partial charge in [0.15, 0.2) is 0 Å². The summed E-state index contributed by atoms with van der Waals surface area (Å²) in [5.41, 5.74) is 2.12. The Bertz CT molecular complexity index is 444. The molecule has 1 unspecified atom stereocenters. The fourth-order valence-corrected chi connectivity index (χ4v) is 4.30. The fourth-order valence-electron chi connectivity index (χ4n) is 1.88. The van der Waals surface area contributed by atoms with Gasteiger partial charge in [-0.1, -0.05) is 0 Å². The van der Waals surface area contributed by atoms with E-state index < -0.39 is 6.10 Å². The minimum atomic E-state index is -0.800. The zero-order valence-electron chi connectivity index (χ0n) is 13.1. The van der Waals surface area contributed by atoms with E-state index in [0.717, 1.165) is 16.4 Å². The van der Waals surface area contributed by atoms with Crippen LogP contribution >= 0.6 is 22.7 Å². The third-order valence-corrected chi connectivity index (χ3v) is 4.99. The minimum absolute atomic E-state index is 0.157. The molecule has 3 N–H and O–H groups in total. The van der Waals surface area contributed by atoms with Crippen molar-refractivity contribution in [3.8, 4) is 0 Å². The lowest BCUT2D eigenvalue weighted by molar-refractivity contribution is 0.00940. The van der Waals surface area contributed by atoms with Crippen LogP contribution in [0.25, 0.3) is 0 Å². The van der Waals surface area contributed by atoms with Gasteiger partial charge in [-0.2, -0.15) is 0 Å². The highest BCUT2D eigenvalue weighted by atomic mass is 32.2. The van der Waals surface area contributed by atoms with Crippen molar-refractivity contribution in [3.05, 3.63) is 11.8 Å². The number of pyridine rings is 1. The molecule has 0 aliphatic heterocycles. The van der Waals surface area contributed by atoms with E-state index >= 15 is 0 Å². The second-order valence-corrected chi connectivity index (χ2v) is 7.93. The Morgan fingerprint density at radius 3 is 2.76 bits per heavy atom. The molecule has 0 aromatic carbocycles. The third-order valence-electron chi connectivity index (χ3n) is 2.81. The molecule has 0 saturated carbocycles. The van der Waals surface area contributed by atoms with Gasteiger partial charge in [-0.15, -0.1) is 11.8 Å². The van der Waals surface area contributed by atoms with Gasteiger partial charge in [0, 0.05) is 17.1 Å². The molecule has 0 aliphatic carbocycles. The van der Waals surface area contributed by atoms with Crippen LogP contribution in [0.5, 0.6) is 0 Å². The van der Waals surface area contributed by atoms with E-state index in [0.29, 0.717) is 13.2 Å². The van der Waals surface area contributed by atoms with Crippen LogP contribution < -0.4 is 5.32 Å². The summed E-state index contributed by atoms with van der Waals surface area (Å²) in [5.74, 6) is 0. The first-order chi connectivity index (χ1) is 9.99. The second-order valence-electron chi connectivity index (χ2n) is 4.90. The van der Waals surface area contributed by atoms with Crippen LogP contribution in [0.3, 0.4) is 0 Å². The summed E-state index contributed by atoms with van der Waals surface area (Å²) in [6.45, 7) is 3.03. The minimum Gasteiger partial charge on any atom is -0.394 e. The smallest absolute Gasteiger partial charge is 0.110 e. The Morgan fingerprint density at radius 2 is 2.19 bits per heavy atom. The molecule has 5 nitrogen and oxygen atoms in total. The van der Waals surface area contributed by atoms with Crippen molar-refractivity contribution in [3.63, 3.8) is 0 Å². The Labute approximate surface area is 133 Å². The molecular weight excluding hydrogens is 308 g/mol. The summed E-state index contributed by atoms with van der Waals surface area (Å²) >= 11 is 1.68. The van der Waals surface area contributed by atoms with Crippen LogP contribution in [-0.2, 0) is 4.74 Å². The van der Waals surface area contributed by atoms with Crippen LogP contribution in [0.15, 0.2) is 16.0 Å². The number of anilines is 1. The molecule has 7 heteroatoms. The van der Waals surface area contributed by atoms with Gasteiger partial charge in [0.25, 0.3) is 0 Å². The molecule has 1 aromatic heterocycles. The van der Waals surface area contributed by atoms with Gasteiger partial charge in [0.1, 0.15) is 11.1 Å². The molecule has 1 heterocycles. The predicted molar refractivity (Wildman–Crippen MR) is 92.3 cm³/mol. The van der Waals surface area contributed by atoms with E-state index in [2.05, 4.69) is 28.9 Å². The van der Waals surface area contributed by atoms with Crippen LogP contribution in [0.2, 0.25) is 0 Å². The number of aryl methyl sites for hydroxylation is 1. The van der Waals surface area contributed by atoms with Crippen molar-refractivity contribution < 1.29 is 14.9 Å². The van der Waals surface area contributed by atoms with E-state index in [1.165, 1.54) is 4.90 Å². The van der Waals surface area contributed by atoms with Gasteiger partial charge in [-0.3, -0.25) is 0 Å². The molecule has 21 heavy (non-hydrogen) atoms. The van der Waals surface area contributed by atoms with E-state index in [1.807, 2.05) is 13.2 Å². The van der Waals surface area contributed by atoms with Gasteiger partial charge in [-0.25, -0.2) is 15.9 Å². The molecular formula is C14H26N2O3S2. The maximum absolute atomic E-state index is 9.19. The summed E-state index contributed by atoms with van der Waals surface area (Å²) in [5, 5.41) is 22.4. The zero-order valence-corrected chi connectivity index (χ0v) is 14.8. The van der Waals surface area contributed by atoms with Gasteiger partial charge in [0.2, 0.25) is 0 Å². The molecule has 0 fully saturated rings. The Balaban J connectivity index is 2.63. The first kappa shape index (κ1) is 18.6. The largest absolute Gasteiger partial charge is 0.394 e. The van der Waals surface area contributed by atoms with Gasteiger partial charge < -0.3 is 20.3 Å². The van der Waals surface area contributed by atoms with Gasteiger partial charge >= 0.3 is 0 Å². The summed E-state index contributed by atoms with van der Waals surface area (Å²) in [7, 11) is -0.252. The lowest BCUT2D eigenvalue weighted by Gasteiger charge is -2.20. The average molecular weight is 335 g/mol. The summed E-state index contributed by atoms with van der Waals surface area (Å²) < 4.78 is 5.31. The van der Waals surface area contributed by atoms with Crippen molar-refractivity contribution in [2.75, 3.05) is 50.4 Å². The number of thiol groups is 1. The first-order valence-electron chi connectivity index (χ1n) is 6.83. The average Bonchev–Trinajstić information content (AvgIpc) is 2.45. The Hall–Kier alpha value is -0.470. The van der Waals surface area contributed by atoms with Crippen molar-refractivity contribution >= 4 is 28.3 Å². The van der Waals surface area contributed by atoms with Crippen molar-refractivity contribution in [2.45, 2.75) is 22.9 Å². The SMILES string of the molecule is CSc1nc(C)cc(NCCOCC(O)CO)c1[SH](C)C. The quantitative estimate of drug-likeness (QED) is 0.312. The maximum atomic E-state index is 9.19.